The molecular weight excluding hydrogens is 365 g/mol. The van der Waals surface area contributed by atoms with Crippen molar-refractivity contribution >= 4 is 11.6 Å². The van der Waals surface area contributed by atoms with Crippen LogP contribution in [0.5, 0.6) is 0 Å². The number of imidazole rings is 1. The fraction of sp³-hybridized carbons (Fsp3) is 0.167. The molecule has 1 N–H and O–H groups in total. The largest absolute Gasteiger partial charge is 0.350 e. The molecule has 5 heteroatoms. The lowest BCUT2D eigenvalue weighted by molar-refractivity contribution is -0.121. The van der Waals surface area contributed by atoms with Gasteiger partial charge in [-0.3, -0.25) is 4.79 Å². The van der Waals surface area contributed by atoms with E-state index in [1.807, 2.05) is 66.1 Å². The summed E-state index contributed by atoms with van der Waals surface area (Å²) < 4.78 is 15.3. The van der Waals surface area contributed by atoms with Gasteiger partial charge in [0.2, 0.25) is 5.91 Å². The average Bonchev–Trinajstić information content (AvgIpc) is 3.12. The van der Waals surface area contributed by atoms with E-state index in [0.29, 0.717) is 12.8 Å². The molecule has 4 nitrogen and oxygen atoms in total. The van der Waals surface area contributed by atoms with Crippen LogP contribution in [0.3, 0.4) is 0 Å². The van der Waals surface area contributed by atoms with Crippen molar-refractivity contribution in [2.75, 3.05) is 0 Å². The topological polar surface area (TPSA) is 46.4 Å². The molecule has 0 saturated heterocycles. The van der Waals surface area contributed by atoms with E-state index < -0.39 is 0 Å². The van der Waals surface area contributed by atoms with Crippen LogP contribution in [-0.2, 0) is 11.2 Å². The fourth-order valence-electron chi connectivity index (χ4n) is 3.50. The Balaban J connectivity index is 1.55. The van der Waals surface area contributed by atoms with Crippen LogP contribution in [0.1, 0.15) is 30.6 Å². The highest BCUT2D eigenvalue weighted by Gasteiger charge is 2.16. The molecule has 29 heavy (non-hydrogen) atoms. The van der Waals surface area contributed by atoms with Gasteiger partial charge in [-0.05, 0) is 55.3 Å². The van der Waals surface area contributed by atoms with Crippen molar-refractivity contribution in [2.24, 2.45) is 0 Å². The number of benzene rings is 2. The number of halogens is 1. The van der Waals surface area contributed by atoms with Gasteiger partial charge >= 0.3 is 0 Å². The lowest BCUT2D eigenvalue weighted by Gasteiger charge is -2.14. The van der Waals surface area contributed by atoms with Crippen molar-refractivity contribution in [3.63, 3.8) is 0 Å². The molecule has 0 unspecified atom stereocenters. The van der Waals surface area contributed by atoms with Crippen molar-refractivity contribution in [3.05, 3.63) is 96.1 Å². The van der Waals surface area contributed by atoms with Crippen molar-refractivity contribution in [1.29, 1.82) is 0 Å². The zero-order valence-electron chi connectivity index (χ0n) is 16.2. The minimum absolute atomic E-state index is 0.0164. The SMILES string of the molecule is C[C@@H](NC(=O)CCc1c(-c2ccc(F)cc2)nc2ccccn12)c1ccccc1. The van der Waals surface area contributed by atoms with Gasteiger partial charge in [-0.2, -0.15) is 0 Å². The number of aryl methyl sites for hydroxylation is 1. The molecular formula is C24H22FN3O. The summed E-state index contributed by atoms with van der Waals surface area (Å²) in [4.78, 5) is 17.3. The quantitative estimate of drug-likeness (QED) is 0.509. The van der Waals surface area contributed by atoms with Crippen LogP contribution >= 0.6 is 0 Å². The van der Waals surface area contributed by atoms with Gasteiger partial charge in [0.05, 0.1) is 17.4 Å². The third-order valence-corrected chi connectivity index (χ3v) is 5.01. The predicted octanol–water partition coefficient (Wildman–Crippen LogP) is 4.95. The molecule has 146 valence electrons. The Morgan fingerprint density at radius 1 is 1.03 bits per heavy atom. The highest BCUT2D eigenvalue weighted by atomic mass is 19.1. The first-order valence-electron chi connectivity index (χ1n) is 9.68. The fourth-order valence-corrected chi connectivity index (χ4v) is 3.50. The summed E-state index contributed by atoms with van der Waals surface area (Å²) in [6.07, 6.45) is 2.81. The van der Waals surface area contributed by atoms with Crippen LogP contribution in [0.2, 0.25) is 0 Å². The van der Waals surface area contributed by atoms with Crippen LogP contribution in [0.25, 0.3) is 16.9 Å². The Kier molecular flexibility index (Phi) is 5.38. The van der Waals surface area contributed by atoms with E-state index in [-0.39, 0.29) is 17.8 Å². The molecule has 1 atom stereocenters. The minimum Gasteiger partial charge on any atom is -0.350 e. The van der Waals surface area contributed by atoms with Gasteiger partial charge in [0.15, 0.2) is 0 Å². The smallest absolute Gasteiger partial charge is 0.220 e. The molecule has 2 aromatic heterocycles. The molecule has 0 aliphatic carbocycles. The Morgan fingerprint density at radius 2 is 1.76 bits per heavy atom. The molecule has 0 fully saturated rings. The van der Waals surface area contributed by atoms with Crippen molar-refractivity contribution < 1.29 is 9.18 Å². The van der Waals surface area contributed by atoms with E-state index in [0.717, 1.165) is 28.2 Å². The summed E-state index contributed by atoms with van der Waals surface area (Å²) >= 11 is 0. The highest BCUT2D eigenvalue weighted by Crippen LogP contribution is 2.26. The highest BCUT2D eigenvalue weighted by molar-refractivity contribution is 5.77. The number of aromatic nitrogens is 2. The van der Waals surface area contributed by atoms with E-state index in [9.17, 15) is 9.18 Å². The average molecular weight is 387 g/mol. The lowest BCUT2D eigenvalue weighted by Crippen LogP contribution is -2.26. The summed E-state index contributed by atoms with van der Waals surface area (Å²) in [5, 5.41) is 3.06. The number of fused-ring (bicyclic) bond motifs is 1. The van der Waals surface area contributed by atoms with Crippen LogP contribution in [-0.4, -0.2) is 15.3 Å². The van der Waals surface area contributed by atoms with E-state index >= 15 is 0 Å². The van der Waals surface area contributed by atoms with E-state index in [4.69, 9.17) is 4.98 Å². The number of nitrogens with zero attached hydrogens (tertiary/aromatic N) is 2. The number of pyridine rings is 1. The maximum absolute atomic E-state index is 13.3. The first-order valence-corrected chi connectivity index (χ1v) is 9.68. The summed E-state index contributed by atoms with van der Waals surface area (Å²) in [5.74, 6) is -0.300. The number of hydrogen-bond acceptors (Lipinski definition) is 2. The number of hydrogen-bond donors (Lipinski definition) is 1. The monoisotopic (exact) mass is 387 g/mol. The number of nitrogens with one attached hydrogen (secondary N) is 1. The van der Waals surface area contributed by atoms with Gasteiger partial charge < -0.3 is 9.72 Å². The molecule has 0 radical (unpaired) electrons. The number of carbonyl (C=O) groups is 1. The second-order valence-corrected chi connectivity index (χ2v) is 7.04. The zero-order valence-corrected chi connectivity index (χ0v) is 16.2. The Morgan fingerprint density at radius 3 is 2.52 bits per heavy atom. The molecule has 0 aliphatic heterocycles. The van der Waals surface area contributed by atoms with Gasteiger partial charge in [0.1, 0.15) is 11.5 Å². The van der Waals surface area contributed by atoms with Crippen LogP contribution < -0.4 is 5.32 Å². The molecule has 0 aliphatic rings. The minimum atomic E-state index is -0.284. The number of rotatable bonds is 6. The second kappa shape index (κ2) is 8.27. The maximum Gasteiger partial charge on any atom is 0.220 e. The predicted molar refractivity (Wildman–Crippen MR) is 112 cm³/mol. The van der Waals surface area contributed by atoms with Gasteiger partial charge in [-0.15, -0.1) is 0 Å². The molecule has 2 aromatic carbocycles. The zero-order chi connectivity index (χ0) is 20.2. The Hall–Kier alpha value is -3.47. The normalized spacial score (nSPS) is 12.1. The summed E-state index contributed by atoms with van der Waals surface area (Å²) in [6.45, 7) is 1.98. The van der Waals surface area contributed by atoms with Crippen molar-refractivity contribution in [3.8, 4) is 11.3 Å². The number of carbonyl (C=O) groups excluding carboxylic acids is 1. The first-order chi connectivity index (χ1) is 14.1. The summed E-state index contributed by atoms with van der Waals surface area (Å²) in [6, 6.07) is 21.9. The van der Waals surface area contributed by atoms with Crippen LogP contribution in [0.4, 0.5) is 4.39 Å². The molecule has 0 spiro atoms. The third kappa shape index (κ3) is 4.19. The first kappa shape index (κ1) is 18.9. The second-order valence-electron chi connectivity index (χ2n) is 7.04. The molecule has 0 saturated carbocycles. The van der Waals surface area contributed by atoms with E-state index in [1.54, 1.807) is 12.1 Å². The van der Waals surface area contributed by atoms with Gasteiger partial charge in [0, 0.05) is 18.2 Å². The molecule has 4 aromatic rings. The lowest BCUT2D eigenvalue weighted by atomic mass is 10.1. The van der Waals surface area contributed by atoms with E-state index in [2.05, 4.69) is 5.32 Å². The van der Waals surface area contributed by atoms with Gasteiger partial charge in [-0.1, -0.05) is 36.4 Å². The molecule has 4 rings (SSSR count). The van der Waals surface area contributed by atoms with E-state index in [1.165, 1.54) is 12.1 Å². The molecule has 0 bridgehead atoms. The molecule has 1 amide bonds. The summed E-state index contributed by atoms with van der Waals surface area (Å²) in [5.41, 5.74) is 4.43. The Labute approximate surface area is 169 Å². The molecule has 2 heterocycles. The van der Waals surface area contributed by atoms with Gasteiger partial charge in [-0.25, -0.2) is 9.37 Å². The van der Waals surface area contributed by atoms with Crippen LogP contribution in [0, 0.1) is 5.82 Å². The number of amides is 1. The Bertz CT molecular complexity index is 1120. The van der Waals surface area contributed by atoms with Crippen molar-refractivity contribution in [1.82, 2.24) is 14.7 Å². The summed E-state index contributed by atoms with van der Waals surface area (Å²) in [7, 11) is 0. The standard InChI is InChI=1S/C24H22FN3O/c1-17(18-7-3-2-4-8-18)26-23(29)15-14-21-24(19-10-12-20(25)13-11-19)27-22-9-5-6-16-28(21)22/h2-13,16-17H,14-15H2,1H3,(H,26,29)/t17-/m1/s1. The maximum atomic E-state index is 13.3. The van der Waals surface area contributed by atoms with Crippen molar-refractivity contribution in [2.45, 2.75) is 25.8 Å². The third-order valence-electron chi connectivity index (χ3n) is 5.01. The van der Waals surface area contributed by atoms with Gasteiger partial charge in [0.25, 0.3) is 0 Å². The van der Waals surface area contributed by atoms with Crippen LogP contribution in [0.15, 0.2) is 79.0 Å².